The second kappa shape index (κ2) is 12.5. The van der Waals surface area contributed by atoms with Gasteiger partial charge in [0.15, 0.2) is 11.4 Å². The molecular formula is C22H8Cl4F6N8O2S2. The Labute approximate surface area is 269 Å². The fraction of sp³-hybridized carbons (Fsp3) is 0.0909. The van der Waals surface area contributed by atoms with Crippen LogP contribution in [0.1, 0.15) is 11.4 Å². The van der Waals surface area contributed by atoms with Gasteiger partial charge in [0.1, 0.15) is 46.6 Å². The van der Waals surface area contributed by atoms with E-state index < -0.39 is 24.2 Å². The molecule has 230 valence electrons. The zero-order chi connectivity index (χ0) is 32.7. The Morgan fingerprint density at radius 3 is 1.20 bits per heavy atom. The van der Waals surface area contributed by atoms with Crippen molar-refractivity contribution in [2.75, 3.05) is 11.5 Å². The normalized spacial score (nSPS) is 11.7. The summed E-state index contributed by atoms with van der Waals surface area (Å²) >= 11 is 24.6. The molecule has 4 aromatic rings. The fourth-order valence-electron chi connectivity index (χ4n) is 3.44. The molecule has 0 amide bonds. The highest BCUT2D eigenvalue weighted by Crippen LogP contribution is 2.48. The zero-order valence-corrected chi connectivity index (χ0v) is 25.2. The van der Waals surface area contributed by atoms with Crippen LogP contribution in [0.4, 0.5) is 38.0 Å². The number of anilines is 2. The van der Waals surface area contributed by atoms with E-state index in [0.29, 0.717) is 0 Å². The molecule has 2 aromatic heterocycles. The second-order valence-electron chi connectivity index (χ2n) is 7.91. The van der Waals surface area contributed by atoms with Gasteiger partial charge in [-0.15, -0.1) is 26.3 Å². The number of aromatic nitrogens is 4. The quantitative estimate of drug-likeness (QED) is 0.140. The maximum absolute atomic E-state index is 12.6. The number of benzene rings is 2. The van der Waals surface area contributed by atoms with Crippen LogP contribution >= 0.6 is 68.0 Å². The minimum atomic E-state index is -5.02. The maximum Gasteiger partial charge on any atom is 0.573 e. The van der Waals surface area contributed by atoms with E-state index in [4.69, 9.17) is 57.9 Å². The van der Waals surface area contributed by atoms with E-state index in [0.717, 1.165) is 55.2 Å². The summed E-state index contributed by atoms with van der Waals surface area (Å²) in [6.07, 6.45) is -10.0. The number of nitrogens with zero attached hydrogens (tertiary/aromatic N) is 6. The number of hydrogen-bond donors (Lipinski definition) is 2. The van der Waals surface area contributed by atoms with Crippen molar-refractivity contribution in [3.63, 3.8) is 0 Å². The molecule has 0 atom stereocenters. The Bertz CT molecular complexity index is 1690. The van der Waals surface area contributed by atoms with Gasteiger partial charge in [-0.2, -0.15) is 20.7 Å². The molecular weight excluding hydrogens is 728 g/mol. The van der Waals surface area contributed by atoms with E-state index in [2.05, 4.69) is 19.7 Å². The van der Waals surface area contributed by atoms with Crippen molar-refractivity contribution < 1.29 is 35.8 Å². The maximum atomic E-state index is 12.6. The van der Waals surface area contributed by atoms with Gasteiger partial charge >= 0.3 is 12.7 Å². The molecule has 22 heteroatoms. The first-order valence-electron chi connectivity index (χ1n) is 10.9. The summed E-state index contributed by atoms with van der Waals surface area (Å²) < 4.78 is 85.3. The first kappa shape index (κ1) is 33.4. The van der Waals surface area contributed by atoms with E-state index in [1.807, 2.05) is 0 Å². The topological polar surface area (TPSA) is 154 Å². The largest absolute Gasteiger partial charge is 0.573 e. The molecule has 44 heavy (non-hydrogen) atoms. The van der Waals surface area contributed by atoms with Crippen LogP contribution in [0.2, 0.25) is 20.1 Å². The van der Waals surface area contributed by atoms with E-state index >= 15 is 0 Å². The summed E-state index contributed by atoms with van der Waals surface area (Å²) in [5.74, 6) is -1.87. The van der Waals surface area contributed by atoms with Crippen molar-refractivity contribution in [3.05, 3.63) is 55.7 Å². The van der Waals surface area contributed by atoms with Crippen LogP contribution in [0, 0.1) is 22.7 Å². The summed E-state index contributed by atoms with van der Waals surface area (Å²) in [5.41, 5.74) is 11.5. The molecule has 2 heterocycles. The molecule has 0 saturated heterocycles. The third-order valence-electron chi connectivity index (χ3n) is 5.04. The monoisotopic (exact) mass is 734 g/mol. The van der Waals surface area contributed by atoms with Crippen molar-refractivity contribution in [2.24, 2.45) is 0 Å². The lowest BCUT2D eigenvalue weighted by Crippen LogP contribution is -2.17. The number of nitriles is 2. The standard InChI is InChI=1S/C22H8Cl4F6N8O2S2/c23-9-1-7(41-21(27,28)29)2-10(24)15(9)39-19(35)17(13(5-33)37-39)43-44-18-14(6-34)38-40(20(18)36)16-11(25)3-8(4-12(16)26)42-22(30,31)32/h1-4H,35-36H2. The number of halogens is 10. The third-order valence-corrected chi connectivity index (χ3v) is 8.67. The van der Waals surface area contributed by atoms with E-state index in [-0.39, 0.29) is 64.3 Å². The van der Waals surface area contributed by atoms with E-state index in [1.54, 1.807) is 12.1 Å². The van der Waals surface area contributed by atoms with Gasteiger partial charge < -0.3 is 20.9 Å². The Morgan fingerprint density at radius 2 is 0.955 bits per heavy atom. The van der Waals surface area contributed by atoms with Crippen LogP contribution in [0.5, 0.6) is 11.5 Å². The SMILES string of the molecule is N#Cc1nn(-c2c(Cl)cc(OC(F)(F)F)cc2Cl)c(N)c1SSc1c(C#N)nn(-c2c(Cl)cc(OC(F)(F)F)cc2Cl)c1N. The second-order valence-corrected chi connectivity index (χ2v) is 11.7. The zero-order valence-electron chi connectivity index (χ0n) is 20.6. The first-order valence-corrected chi connectivity index (χ1v) is 14.5. The van der Waals surface area contributed by atoms with Gasteiger partial charge in [-0.25, -0.2) is 9.36 Å². The van der Waals surface area contributed by atoms with Gasteiger partial charge in [-0.05, 0) is 21.6 Å². The molecule has 0 aliphatic carbocycles. The smallest absolute Gasteiger partial charge is 0.406 e. The molecule has 0 saturated carbocycles. The lowest BCUT2D eigenvalue weighted by Gasteiger charge is -2.13. The molecule has 0 aliphatic rings. The molecule has 0 bridgehead atoms. The van der Waals surface area contributed by atoms with Crippen molar-refractivity contribution in [1.29, 1.82) is 10.5 Å². The van der Waals surface area contributed by atoms with Gasteiger partial charge in [0.05, 0.1) is 29.9 Å². The highest BCUT2D eigenvalue weighted by atomic mass is 35.5. The molecule has 0 spiro atoms. The lowest BCUT2D eigenvalue weighted by molar-refractivity contribution is -0.275. The minimum absolute atomic E-state index is 0.0148. The number of hydrogen-bond acceptors (Lipinski definition) is 10. The predicted octanol–water partition coefficient (Wildman–Crippen LogP) is 8.18. The molecule has 10 nitrogen and oxygen atoms in total. The predicted molar refractivity (Wildman–Crippen MR) is 151 cm³/mol. The Kier molecular flexibility index (Phi) is 9.46. The average Bonchev–Trinajstić information content (AvgIpc) is 3.35. The van der Waals surface area contributed by atoms with Gasteiger partial charge in [-0.1, -0.05) is 46.4 Å². The van der Waals surface area contributed by atoms with Crippen LogP contribution in [0.25, 0.3) is 11.4 Å². The fourth-order valence-corrected chi connectivity index (χ4v) is 7.02. The number of nitrogens with two attached hydrogens (primary N) is 2. The molecule has 4 rings (SSSR count). The number of nitrogen functional groups attached to an aromatic ring is 2. The number of alkyl halides is 6. The van der Waals surface area contributed by atoms with Crippen LogP contribution in [0.3, 0.4) is 0 Å². The molecule has 2 aromatic carbocycles. The summed E-state index contributed by atoms with van der Waals surface area (Å²) in [7, 11) is 1.58. The van der Waals surface area contributed by atoms with Crippen molar-refractivity contribution in [1.82, 2.24) is 19.6 Å². The highest BCUT2D eigenvalue weighted by Gasteiger charge is 2.33. The molecule has 0 fully saturated rings. The van der Waals surface area contributed by atoms with Crippen molar-refractivity contribution >= 4 is 79.6 Å². The molecule has 0 unspecified atom stereocenters. The van der Waals surface area contributed by atoms with Crippen LogP contribution < -0.4 is 20.9 Å². The van der Waals surface area contributed by atoms with Gasteiger partial charge in [0.25, 0.3) is 0 Å². The van der Waals surface area contributed by atoms with Crippen LogP contribution in [-0.2, 0) is 0 Å². The van der Waals surface area contributed by atoms with Gasteiger partial charge in [-0.3, -0.25) is 0 Å². The summed E-state index contributed by atoms with van der Waals surface area (Å²) in [6, 6.07) is 6.88. The lowest BCUT2D eigenvalue weighted by atomic mass is 10.3. The Morgan fingerprint density at radius 1 is 0.659 bits per heavy atom. The van der Waals surface area contributed by atoms with Crippen LogP contribution in [0.15, 0.2) is 34.1 Å². The molecule has 0 radical (unpaired) electrons. The summed E-state index contributed by atoms with van der Waals surface area (Å²) in [5, 5.41) is 26.0. The summed E-state index contributed by atoms with van der Waals surface area (Å²) in [4.78, 5) is 0.0296. The van der Waals surface area contributed by atoms with E-state index in [1.165, 1.54) is 0 Å². The third kappa shape index (κ3) is 7.06. The van der Waals surface area contributed by atoms with Gasteiger partial charge in [0, 0.05) is 24.3 Å². The molecule has 0 aliphatic heterocycles. The van der Waals surface area contributed by atoms with Crippen molar-refractivity contribution in [2.45, 2.75) is 22.5 Å². The highest BCUT2D eigenvalue weighted by molar-refractivity contribution is 8.76. The minimum Gasteiger partial charge on any atom is -0.406 e. The van der Waals surface area contributed by atoms with Crippen molar-refractivity contribution in [3.8, 4) is 35.0 Å². The Hall–Kier alpha value is -3.52. The summed E-state index contributed by atoms with van der Waals surface area (Å²) in [6.45, 7) is 0. The van der Waals surface area contributed by atoms with Gasteiger partial charge in [0.2, 0.25) is 0 Å². The Balaban J connectivity index is 1.69. The first-order chi connectivity index (χ1) is 20.4. The van der Waals surface area contributed by atoms with E-state index in [9.17, 15) is 36.9 Å². The van der Waals surface area contributed by atoms with Crippen LogP contribution in [-0.4, -0.2) is 32.3 Å². The number of ether oxygens (including phenoxy) is 2. The average molecular weight is 736 g/mol. The number of rotatable bonds is 7. The molecule has 4 N–H and O–H groups in total.